The second-order valence-electron chi connectivity index (χ2n) is 7.59. The largest absolute Gasteiger partial charge is 0.505 e. The van der Waals surface area contributed by atoms with Crippen LogP contribution in [0.25, 0.3) is 21.9 Å². The van der Waals surface area contributed by atoms with Crippen LogP contribution in [0.5, 0.6) is 11.5 Å². The number of fused-ring (bicyclic) bond motifs is 3. The van der Waals surface area contributed by atoms with Crippen molar-refractivity contribution in [2.45, 2.75) is 16.3 Å². The van der Waals surface area contributed by atoms with Crippen LogP contribution in [-0.2, 0) is 6.54 Å². The van der Waals surface area contributed by atoms with Crippen LogP contribution in [0.4, 0.5) is 0 Å². The molecule has 0 aliphatic heterocycles. The van der Waals surface area contributed by atoms with Crippen molar-refractivity contribution in [1.82, 2.24) is 4.57 Å². The summed E-state index contributed by atoms with van der Waals surface area (Å²) >= 11 is 4.45. The summed E-state index contributed by atoms with van der Waals surface area (Å²) in [5, 5.41) is 11.7. The predicted molar refractivity (Wildman–Crippen MR) is 136 cm³/mol. The van der Waals surface area contributed by atoms with Gasteiger partial charge in [-0.05, 0) is 48.0 Å². The Morgan fingerprint density at radius 1 is 1.03 bits per heavy atom. The molecule has 1 N–H and O–H groups in total. The number of para-hydroxylation sites is 1. The van der Waals surface area contributed by atoms with E-state index >= 15 is 0 Å². The van der Waals surface area contributed by atoms with Crippen molar-refractivity contribution in [3.05, 3.63) is 104 Å². The van der Waals surface area contributed by atoms with Crippen LogP contribution in [-0.4, -0.2) is 16.8 Å². The standard InChI is InChI=1S/C26H18BrNO5S/c1-32-17-8-4-6-15(12-17)14-28-20-11-3-2-10-19(20)23-21(25(28)30)22(29)24(26(31)33-23)34-18-9-5-7-16(27)13-18/h2-13,29H,14H2,1H3. The molecular formula is C26H18BrNO5S. The molecule has 0 aliphatic rings. The van der Waals surface area contributed by atoms with Gasteiger partial charge in [0.1, 0.15) is 16.0 Å². The van der Waals surface area contributed by atoms with E-state index in [0.29, 0.717) is 21.5 Å². The van der Waals surface area contributed by atoms with Gasteiger partial charge in [0.15, 0.2) is 11.3 Å². The highest BCUT2D eigenvalue weighted by atomic mass is 79.9. The van der Waals surface area contributed by atoms with Crippen molar-refractivity contribution in [1.29, 1.82) is 0 Å². The average molecular weight is 536 g/mol. The predicted octanol–water partition coefficient (Wildman–Crippen LogP) is 5.78. The average Bonchev–Trinajstić information content (AvgIpc) is 2.84. The van der Waals surface area contributed by atoms with Gasteiger partial charge in [0.05, 0.1) is 19.2 Å². The van der Waals surface area contributed by atoms with Gasteiger partial charge in [-0.1, -0.05) is 58.0 Å². The van der Waals surface area contributed by atoms with E-state index in [4.69, 9.17) is 9.15 Å². The number of benzene rings is 3. The number of halogens is 1. The smallest absolute Gasteiger partial charge is 0.354 e. The number of aromatic hydroxyl groups is 1. The first-order valence-corrected chi connectivity index (χ1v) is 11.9. The lowest BCUT2D eigenvalue weighted by Gasteiger charge is -2.14. The summed E-state index contributed by atoms with van der Waals surface area (Å²) in [6, 6.07) is 21.9. The minimum absolute atomic E-state index is 0.0290. The van der Waals surface area contributed by atoms with Gasteiger partial charge in [0, 0.05) is 14.8 Å². The maximum absolute atomic E-state index is 13.7. The Balaban J connectivity index is 1.76. The Kier molecular flexibility index (Phi) is 5.93. The molecule has 2 aromatic heterocycles. The van der Waals surface area contributed by atoms with Crippen molar-refractivity contribution in [2.24, 2.45) is 0 Å². The van der Waals surface area contributed by atoms with Crippen LogP contribution in [0.3, 0.4) is 0 Å². The van der Waals surface area contributed by atoms with Gasteiger partial charge < -0.3 is 18.8 Å². The lowest BCUT2D eigenvalue weighted by atomic mass is 10.1. The zero-order valence-corrected chi connectivity index (χ0v) is 20.4. The first-order valence-electron chi connectivity index (χ1n) is 10.3. The molecule has 6 nitrogen and oxygen atoms in total. The molecule has 8 heteroatoms. The summed E-state index contributed by atoms with van der Waals surface area (Å²) in [5.41, 5.74) is 0.367. The third kappa shape index (κ3) is 3.99. The molecule has 170 valence electrons. The van der Waals surface area contributed by atoms with Crippen LogP contribution in [0.1, 0.15) is 5.56 Å². The second-order valence-corrected chi connectivity index (χ2v) is 9.59. The zero-order chi connectivity index (χ0) is 23.8. The normalized spacial score (nSPS) is 11.2. The van der Waals surface area contributed by atoms with Gasteiger partial charge in [-0.25, -0.2) is 4.79 Å². The minimum Gasteiger partial charge on any atom is -0.505 e. The zero-order valence-electron chi connectivity index (χ0n) is 17.9. The van der Waals surface area contributed by atoms with Crippen molar-refractivity contribution < 1.29 is 14.3 Å². The number of hydrogen-bond acceptors (Lipinski definition) is 6. The SMILES string of the molecule is COc1cccc(Cn2c(=O)c3c(O)c(Sc4cccc(Br)c4)c(=O)oc3c3ccccc32)c1. The molecular weight excluding hydrogens is 518 g/mol. The Morgan fingerprint density at radius 2 is 1.82 bits per heavy atom. The Hall–Kier alpha value is -3.49. The Morgan fingerprint density at radius 3 is 2.62 bits per heavy atom. The second kappa shape index (κ2) is 9.04. The van der Waals surface area contributed by atoms with Gasteiger partial charge in [-0.3, -0.25) is 4.79 Å². The number of ether oxygens (including phenoxy) is 1. The Labute approximate surface area is 206 Å². The molecule has 0 aliphatic carbocycles. The van der Waals surface area contributed by atoms with Crippen molar-refractivity contribution in [2.75, 3.05) is 7.11 Å². The molecule has 0 saturated carbocycles. The lowest BCUT2D eigenvalue weighted by Crippen LogP contribution is -2.22. The first-order chi connectivity index (χ1) is 16.5. The summed E-state index contributed by atoms with van der Waals surface area (Å²) in [5.74, 6) is 0.295. The number of pyridine rings is 1. The number of methoxy groups -OCH3 is 1. The highest BCUT2D eigenvalue weighted by Crippen LogP contribution is 2.37. The van der Waals surface area contributed by atoms with Crippen LogP contribution < -0.4 is 15.9 Å². The molecule has 0 spiro atoms. The van der Waals surface area contributed by atoms with Crippen molar-refractivity contribution in [3.63, 3.8) is 0 Å². The molecule has 0 amide bonds. The maximum Gasteiger partial charge on any atom is 0.354 e. The molecule has 0 radical (unpaired) electrons. The number of nitrogens with zero attached hydrogens (tertiary/aromatic N) is 1. The highest BCUT2D eigenvalue weighted by molar-refractivity contribution is 9.10. The van der Waals surface area contributed by atoms with Crippen LogP contribution in [0.2, 0.25) is 0 Å². The fourth-order valence-corrected chi connectivity index (χ4v) is 5.33. The van der Waals surface area contributed by atoms with E-state index in [9.17, 15) is 14.7 Å². The van der Waals surface area contributed by atoms with E-state index in [1.165, 1.54) is 0 Å². The summed E-state index contributed by atoms with van der Waals surface area (Å²) in [6.07, 6.45) is 0. The van der Waals surface area contributed by atoms with E-state index in [0.717, 1.165) is 21.8 Å². The maximum atomic E-state index is 13.7. The molecule has 34 heavy (non-hydrogen) atoms. The molecule has 0 fully saturated rings. The first kappa shape index (κ1) is 22.3. The van der Waals surface area contributed by atoms with Gasteiger partial charge >= 0.3 is 5.63 Å². The van der Waals surface area contributed by atoms with Crippen LogP contribution >= 0.6 is 27.7 Å². The minimum atomic E-state index is -0.704. The fraction of sp³-hybridized carbons (Fsp3) is 0.0769. The van der Waals surface area contributed by atoms with Gasteiger partial charge in [0.25, 0.3) is 5.56 Å². The van der Waals surface area contributed by atoms with E-state index < -0.39 is 11.2 Å². The summed E-state index contributed by atoms with van der Waals surface area (Å²) in [7, 11) is 1.58. The summed E-state index contributed by atoms with van der Waals surface area (Å²) in [6.45, 7) is 0.249. The fourth-order valence-electron chi connectivity index (χ4n) is 3.89. The third-order valence-corrected chi connectivity index (χ3v) is 7.00. The molecule has 0 bridgehead atoms. The highest BCUT2D eigenvalue weighted by Gasteiger charge is 2.22. The van der Waals surface area contributed by atoms with E-state index in [-0.39, 0.29) is 28.2 Å². The quantitative estimate of drug-likeness (QED) is 0.287. The van der Waals surface area contributed by atoms with Crippen LogP contribution in [0.15, 0.2) is 101 Å². The molecule has 0 saturated heterocycles. The van der Waals surface area contributed by atoms with Gasteiger partial charge in [0.2, 0.25) is 0 Å². The topological polar surface area (TPSA) is 81.7 Å². The van der Waals surface area contributed by atoms with Gasteiger partial charge in [-0.2, -0.15) is 0 Å². The summed E-state index contributed by atoms with van der Waals surface area (Å²) in [4.78, 5) is 27.2. The molecule has 3 aromatic carbocycles. The Bertz CT molecular complexity index is 1670. The molecule has 0 unspecified atom stereocenters. The third-order valence-electron chi connectivity index (χ3n) is 5.45. The number of hydrogen-bond donors (Lipinski definition) is 1. The lowest BCUT2D eigenvalue weighted by molar-refractivity contribution is 0.414. The number of aromatic nitrogens is 1. The molecule has 5 rings (SSSR count). The van der Waals surface area contributed by atoms with Gasteiger partial charge in [-0.15, -0.1) is 0 Å². The monoisotopic (exact) mass is 535 g/mol. The van der Waals surface area contributed by atoms with Crippen molar-refractivity contribution >= 4 is 49.6 Å². The van der Waals surface area contributed by atoms with E-state index in [1.54, 1.807) is 35.9 Å². The van der Waals surface area contributed by atoms with Crippen LogP contribution in [0, 0.1) is 0 Å². The molecule has 0 atom stereocenters. The van der Waals surface area contributed by atoms with Crippen molar-refractivity contribution in [3.8, 4) is 11.5 Å². The van der Waals surface area contributed by atoms with E-state index in [1.807, 2.05) is 48.5 Å². The molecule has 2 heterocycles. The van der Waals surface area contributed by atoms with E-state index in [2.05, 4.69) is 15.9 Å². The number of rotatable bonds is 5. The molecule has 5 aromatic rings. The summed E-state index contributed by atoms with van der Waals surface area (Å²) < 4.78 is 13.3.